The molecule has 154 valence electrons. The fraction of sp³-hybridized carbons (Fsp3) is 0.611. The largest absolute Gasteiger partial charge is 0.441 e. The molecule has 2 heterocycles. The standard InChI is InChI=1S/C18H23F3N4O3/c1-10(11-3-4-11)24-15(26)12-8-23-14(18(19,20)21)7-13(12)25-6-5-17(2,9-25)28-16(22)27/h7-8,10-11H,3-6,9H2,1-2H3,(H2,22,27)(H,24,26)/t10-,17?/m0/s1. The summed E-state index contributed by atoms with van der Waals surface area (Å²) in [4.78, 5) is 28.8. The van der Waals surface area contributed by atoms with E-state index in [0.717, 1.165) is 25.1 Å². The molecule has 2 aliphatic rings. The third-order valence-electron chi connectivity index (χ3n) is 5.23. The number of aromatic nitrogens is 1. The summed E-state index contributed by atoms with van der Waals surface area (Å²) in [5, 5.41) is 2.84. The van der Waals surface area contributed by atoms with Gasteiger partial charge in [-0.3, -0.25) is 9.78 Å². The maximum absolute atomic E-state index is 13.2. The monoisotopic (exact) mass is 400 g/mol. The van der Waals surface area contributed by atoms with Gasteiger partial charge in [0, 0.05) is 25.2 Å². The number of hydrogen-bond acceptors (Lipinski definition) is 5. The number of pyridine rings is 1. The summed E-state index contributed by atoms with van der Waals surface area (Å²) in [5.74, 6) is -0.0751. The van der Waals surface area contributed by atoms with Crippen molar-refractivity contribution < 1.29 is 27.5 Å². The Balaban J connectivity index is 1.90. The van der Waals surface area contributed by atoms with Gasteiger partial charge in [0.15, 0.2) is 0 Å². The maximum atomic E-state index is 13.2. The van der Waals surface area contributed by atoms with Gasteiger partial charge in [-0.05, 0) is 38.7 Å². The van der Waals surface area contributed by atoms with E-state index in [0.29, 0.717) is 18.9 Å². The highest BCUT2D eigenvalue weighted by Crippen LogP contribution is 2.36. The lowest BCUT2D eigenvalue weighted by Gasteiger charge is -2.26. The van der Waals surface area contributed by atoms with Gasteiger partial charge in [-0.25, -0.2) is 4.79 Å². The van der Waals surface area contributed by atoms with Crippen LogP contribution in [0.5, 0.6) is 0 Å². The summed E-state index contributed by atoms with van der Waals surface area (Å²) in [5.41, 5.74) is 3.23. The third-order valence-corrected chi connectivity index (χ3v) is 5.23. The Kier molecular flexibility index (Phi) is 5.16. The Bertz CT molecular complexity index is 782. The zero-order valence-electron chi connectivity index (χ0n) is 15.7. The molecule has 1 aliphatic carbocycles. The summed E-state index contributed by atoms with van der Waals surface area (Å²) in [6, 6.07) is 0.803. The van der Waals surface area contributed by atoms with Crippen LogP contribution in [-0.4, -0.2) is 41.7 Å². The van der Waals surface area contributed by atoms with Gasteiger partial charge in [0.2, 0.25) is 0 Å². The molecule has 1 saturated carbocycles. The van der Waals surface area contributed by atoms with Crippen LogP contribution in [0.25, 0.3) is 0 Å². The number of nitrogens with two attached hydrogens (primary N) is 1. The minimum Gasteiger partial charge on any atom is -0.441 e. The number of amides is 2. The Labute approximate surface area is 160 Å². The number of anilines is 1. The van der Waals surface area contributed by atoms with Crippen LogP contribution in [0.4, 0.5) is 23.7 Å². The van der Waals surface area contributed by atoms with Crippen molar-refractivity contribution in [1.82, 2.24) is 10.3 Å². The van der Waals surface area contributed by atoms with Gasteiger partial charge < -0.3 is 20.7 Å². The maximum Gasteiger partial charge on any atom is 0.433 e. The van der Waals surface area contributed by atoms with Crippen LogP contribution in [-0.2, 0) is 10.9 Å². The van der Waals surface area contributed by atoms with E-state index in [9.17, 15) is 22.8 Å². The van der Waals surface area contributed by atoms with Crippen LogP contribution in [0.1, 0.15) is 49.2 Å². The van der Waals surface area contributed by atoms with E-state index in [1.165, 1.54) is 0 Å². The van der Waals surface area contributed by atoms with Crippen LogP contribution in [0.2, 0.25) is 0 Å². The van der Waals surface area contributed by atoms with Crippen molar-refractivity contribution >= 4 is 17.7 Å². The van der Waals surface area contributed by atoms with Crippen LogP contribution in [0.15, 0.2) is 12.3 Å². The van der Waals surface area contributed by atoms with Gasteiger partial charge in [0.1, 0.15) is 11.3 Å². The van der Waals surface area contributed by atoms with Gasteiger partial charge in [0.05, 0.1) is 17.8 Å². The van der Waals surface area contributed by atoms with Crippen molar-refractivity contribution in [1.29, 1.82) is 0 Å². The van der Waals surface area contributed by atoms with E-state index < -0.39 is 29.5 Å². The molecule has 2 atom stereocenters. The lowest BCUT2D eigenvalue weighted by Crippen LogP contribution is -2.38. The molecule has 0 aromatic carbocycles. The third kappa shape index (κ3) is 4.48. The number of carbonyl (C=O) groups excluding carboxylic acids is 2. The number of alkyl halides is 3. The van der Waals surface area contributed by atoms with E-state index in [1.807, 2.05) is 6.92 Å². The SMILES string of the molecule is C[C@H](NC(=O)c1cnc(C(F)(F)F)cc1N1CCC(C)(OC(N)=O)C1)C1CC1. The number of halogens is 3. The smallest absolute Gasteiger partial charge is 0.433 e. The number of carbonyl (C=O) groups is 2. The first-order valence-corrected chi connectivity index (χ1v) is 9.10. The average molecular weight is 400 g/mol. The predicted octanol–water partition coefficient (Wildman–Crippen LogP) is 2.69. The van der Waals surface area contributed by atoms with Crippen LogP contribution < -0.4 is 16.0 Å². The topological polar surface area (TPSA) is 97.6 Å². The zero-order chi connectivity index (χ0) is 20.7. The highest BCUT2D eigenvalue weighted by Gasteiger charge is 2.40. The molecule has 3 N–H and O–H groups in total. The van der Waals surface area contributed by atoms with Gasteiger partial charge in [-0.2, -0.15) is 13.2 Å². The summed E-state index contributed by atoms with van der Waals surface area (Å²) < 4.78 is 44.6. The van der Waals surface area contributed by atoms with E-state index in [1.54, 1.807) is 11.8 Å². The molecule has 1 aliphatic heterocycles. The molecule has 1 saturated heterocycles. The molecule has 2 fully saturated rings. The Hall–Kier alpha value is -2.52. The molecule has 0 radical (unpaired) electrons. The normalized spacial score (nSPS) is 23.4. The van der Waals surface area contributed by atoms with Crippen LogP contribution in [0.3, 0.4) is 0 Å². The molecule has 1 unspecified atom stereocenters. The Morgan fingerprint density at radius 1 is 1.43 bits per heavy atom. The van der Waals surface area contributed by atoms with E-state index in [4.69, 9.17) is 10.5 Å². The molecule has 0 spiro atoms. The molecule has 2 amide bonds. The highest BCUT2D eigenvalue weighted by molar-refractivity contribution is 5.99. The second-order valence-corrected chi connectivity index (χ2v) is 7.73. The summed E-state index contributed by atoms with van der Waals surface area (Å²) in [7, 11) is 0. The molecule has 7 nitrogen and oxygen atoms in total. The quantitative estimate of drug-likeness (QED) is 0.792. The highest BCUT2D eigenvalue weighted by atomic mass is 19.4. The van der Waals surface area contributed by atoms with Crippen LogP contribution in [0, 0.1) is 5.92 Å². The molecule has 28 heavy (non-hydrogen) atoms. The summed E-state index contributed by atoms with van der Waals surface area (Å²) in [6.45, 7) is 3.96. The van der Waals surface area contributed by atoms with Gasteiger partial charge in [-0.15, -0.1) is 0 Å². The fourth-order valence-corrected chi connectivity index (χ4v) is 3.50. The van der Waals surface area contributed by atoms with Crippen molar-refractivity contribution in [3.8, 4) is 0 Å². The molecule has 1 aromatic heterocycles. The minimum absolute atomic E-state index is 0.0591. The first kappa shape index (κ1) is 20.2. The van der Waals surface area contributed by atoms with E-state index in [-0.39, 0.29) is 23.8 Å². The zero-order valence-corrected chi connectivity index (χ0v) is 15.7. The summed E-state index contributed by atoms with van der Waals surface area (Å²) in [6.07, 6.45) is -2.22. The number of hydrogen-bond donors (Lipinski definition) is 2. The van der Waals surface area contributed by atoms with Crippen LogP contribution >= 0.6 is 0 Å². The van der Waals surface area contributed by atoms with E-state index in [2.05, 4.69) is 10.3 Å². The first-order valence-electron chi connectivity index (χ1n) is 9.10. The lowest BCUT2D eigenvalue weighted by atomic mass is 10.1. The molecule has 0 bridgehead atoms. The number of nitrogens with one attached hydrogen (secondary N) is 1. The number of rotatable bonds is 5. The molecule has 1 aromatic rings. The Morgan fingerprint density at radius 3 is 2.68 bits per heavy atom. The average Bonchev–Trinajstić information content (AvgIpc) is 3.36. The number of nitrogens with zero attached hydrogens (tertiary/aromatic N) is 2. The van der Waals surface area contributed by atoms with Gasteiger partial charge >= 0.3 is 12.3 Å². The number of ether oxygens (including phenoxy) is 1. The fourth-order valence-electron chi connectivity index (χ4n) is 3.50. The molecule has 3 rings (SSSR count). The number of primary amides is 1. The lowest BCUT2D eigenvalue weighted by molar-refractivity contribution is -0.141. The molecule has 10 heteroatoms. The predicted molar refractivity (Wildman–Crippen MR) is 94.8 cm³/mol. The molecular formula is C18H23F3N4O3. The van der Waals surface area contributed by atoms with Crippen molar-refractivity contribution in [3.63, 3.8) is 0 Å². The second kappa shape index (κ2) is 7.14. The Morgan fingerprint density at radius 2 is 2.11 bits per heavy atom. The first-order chi connectivity index (χ1) is 13.0. The van der Waals surface area contributed by atoms with Gasteiger partial charge in [0.25, 0.3) is 5.91 Å². The van der Waals surface area contributed by atoms with Crippen molar-refractivity contribution in [2.75, 3.05) is 18.0 Å². The second-order valence-electron chi connectivity index (χ2n) is 7.73. The van der Waals surface area contributed by atoms with Crippen molar-refractivity contribution in [3.05, 3.63) is 23.5 Å². The van der Waals surface area contributed by atoms with E-state index >= 15 is 0 Å². The van der Waals surface area contributed by atoms with Crippen molar-refractivity contribution in [2.24, 2.45) is 11.7 Å². The van der Waals surface area contributed by atoms with Gasteiger partial charge in [-0.1, -0.05) is 0 Å². The van der Waals surface area contributed by atoms with Crippen molar-refractivity contribution in [2.45, 2.75) is 50.9 Å². The molecular weight excluding hydrogens is 377 g/mol. The minimum atomic E-state index is -4.64. The summed E-state index contributed by atoms with van der Waals surface area (Å²) >= 11 is 0.